The van der Waals surface area contributed by atoms with E-state index in [-0.39, 0.29) is 12.7 Å². The first kappa shape index (κ1) is 13.6. The zero-order valence-electron chi connectivity index (χ0n) is 11.1. The maximum Gasteiger partial charge on any atom is 0.379 e. The zero-order chi connectivity index (χ0) is 13.7. The number of rotatable bonds is 5. The third-order valence-corrected chi connectivity index (χ3v) is 3.16. The summed E-state index contributed by atoms with van der Waals surface area (Å²) in [6.45, 7) is 1.87. The van der Waals surface area contributed by atoms with Crippen LogP contribution in [0.15, 0.2) is 24.3 Å². The molecule has 1 aromatic carbocycles. The van der Waals surface area contributed by atoms with Crippen LogP contribution in [0.5, 0.6) is 5.75 Å². The van der Waals surface area contributed by atoms with Gasteiger partial charge in [0.2, 0.25) is 0 Å². The van der Waals surface area contributed by atoms with Crippen molar-refractivity contribution in [3.8, 4) is 5.75 Å². The highest BCUT2D eigenvalue weighted by Crippen LogP contribution is 2.24. The lowest BCUT2D eigenvalue weighted by atomic mass is 10.1. The molecule has 1 aliphatic rings. The van der Waals surface area contributed by atoms with Gasteiger partial charge in [-0.05, 0) is 44.7 Å². The van der Waals surface area contributed by atoms with Crippen molar-refractivity contribution in [3.63, 3.8) is 0 Å². The van der Waals surface area contributed by atoms with Crippen LogP contribution in [-0.2, 0) is 9.53 Å². The van der Waals surface area contributed by atoms with Crippen LogP contribution in [0, 0.1) is 0 Å². The van der Waals surface area contributed by atoms with E-state index >= 15 is 0 Å². The Morgan fingerprint density at radius 1 is 1.26 bits per heavy atom. The van der Waals surface area contributed by atoms with Crippen LogP contribution < -0.4 is 4.74 Å². The molecule has 1 aliphatic carbocycles. The SMILES string of the molecule is CCOC(=O)C(=O)c1cccc(OC2CCCC2)c1. The summed E-state index contributed by atoms with van der Waals surface area (Å²) in [6, 6.07) is 6.73. The molecule has 0 aliphatic heterocycles. The van der Waals surface area contributed by atoms with E-state index < -0.39 is 11.8 Å². The average molecular weight is 262 g/mol. The molecule has 0 saturated heterocycles. The molecule has 19 heavy (non-hydrogen) atoms. The van der Waals surface area contributed by atoms with E-state index in [1.165, 1.54) is 12.8 Å². The van der Waals surface area contributed by atoms with Crippen LogP contribution in [0.25, 0.3) is 0 Å². The van der Waals surface area contributed by atoms with Crippen molar-refractivity contribution in [2.45, 2.75) is 38.7 Å². The van der Waals surface area contributed by atoms with Crippen LogP contribution in [-0.4, -0.2) is 24.5 Å². The first-order valence-corrected chi connectivity index (χ1v) is 6.69. The van der Waals surface area contributed by atoms with Crippen LogP contribution in [0.3, 0.4) is 0 Å². The molecule has 0 amide bonds. The summed E-state index contributed by atoms with van der Waals surface area (Å²) in [5.41, 5.74) is 0.314. The van der Waals surface area contributed by atoms with E-state index in [0.717, 1.165) is 12.8 Å². The first-order valence-electron chi connectivity index (χ1n) is 6.69. The quantitative estimate of drug-likeness (QED) is 0.465. The zero-order valence-corrected chi connectivity index (χ0v) is 11.1. The second-order valence-electron chi connectivity index (χ2n) is 4.60. The van der Waals surface area contributed by atoms with Crippen molar-refractivity contribution in [2.75, 3.05) is 6.61 Å². The molecular weight excluding hydrogens is 244 g/mol. The Hall–Kier alpha value is -1.84. The van der Waals surface area contributed by atoms with E-state index in [0.29, 0.717) is 11.3 Å². The van der Waals surface area contributed by atoms with Gasteiger partial charge in [0.05, 0.1) is 12.7 Å². The molecule has 0 N–H and O–H groups in total. The van der Waals surface area contributed by atoms with Gasteiger partial charge in [-0.25, -0.2) is 4.79 Å². The molecule has 102 valence electrons. The number of hydrogen-bond donors (Lipinski definition) is 0. The molecule has 2 rings (SSSR count). The Kier molecular flexibility index (Phi) is 4.55. The van der Waals surface area contributed by atoms with Crippen molar-refractivity contribution >= 4 is 11.8 Å². The van der Waals surface area contributed by atoms with Gasteiger partial charge in [-0.1, -0.05) is 12.1 Å². The molecule has 0 radical (unpaired) electrons. The molecule has 0 heterocycles. The van der Waals surface area contributed by atoms with Crippen molar-refractivity contribution in [2.24, 2.45) is 0 Å². The van der Waals surface area contributed by atoms with Gasteiger partial charge in [-0.15, -0.1) is 0 Å². The van der Waals surface area contributed by atoms with Crippen molar-refractivity contribution in [1.29, 1.82) is 0 Å². The van der Waals surface area contributed by atoms with E-state index in [1.54, 1.807) is 31.2 Å². The number of hydrogen-bond acceptors (Lipinski definition) is 4. The number of ether oxygens (including phenoxy) is 2. The molecule has 4 nitrogen and oxygen atoms in total. The highest BCUT2D eigenvalue weighted by Gasteiger charge is 2.20. The molecule has 0 atom stereocenters. The maximum absolute atomic E-state index is 11.8. The smallest absolute Gasteiger partial charge is 0.379 e. The third kappa shape index (κ3) is 3.56. The van der Waals surface area contributed by atoms with Gasteiger partial charge in [0, 0.05) is 5.56 Å². The molecule has 0 spiro atoms. The van der Waals surface area contributed by atoms with Gasteiger partial charge in [-0.2, -0.15) is 0 Å². The number of carbonyl (C=O) groups is 2. The van der Waals surface area contributed by atoms with E-state index in [4.69, 9.17) is 9.47 Å². The highest BCUT2D eigenvalue weighted by molar-refractivity contribution is 6.40. The summed E-state index contributed by atoms with van der Waals surface area (Å²) >= 11 is 0. The molecule has 0 bridgehead atoms. The standard InChI is InChI=1S/C15H18O4/c1-2-18-15(17)14(16)11-6-5-9-13(10-11)19-12-7-3-4-8-12/h5-6,9-10,12H,2-4,7-8H2,1H3. The van der Waals surface area contributed by atoms with Crippen molar-refractivity contribution in [1.82, 2.24) is 0 Å². The van der Waals surface area contributed by atoms with E-state index in [9.17, 15) is 9.59 Å². The maximum atomic E-state index is 11.8. The molecular formula is C15H18O4. The van der Waals surface area contributed by atoms with Gasteiger partial charge in [0.1, 0.15) is 5.75 Å². The monoisotopic (exact) mass is 262 g/mol. The lowest BCUT2D eigenvalue weighted by Gasteiger charge is -2.13. The minimum Gasteiger partial charge on any atom is -0.490 e. The largest absolute Gasteiger partial charge is 0.490 e. The second-order valence-corrected chi connectivity index (χ2v) is 4.60. The highest BCUT2D eigenvalue weighted by atomic mass is 16.5. The summed E-state index contributed by atoms with van der Waals surface area (Å²) in [5, 5.41) is 0. The number of ketones is 1. The summed E-state index contributed by atoms with van der Waals surface area (Å²) in [7, 11) is 0. The van der Waals surface area contributed by atoms with Crippen molar-refractivity contribution in [3.05, 3.63) is 29.8 Å². The molecule has 1 aromatic rings. The number of benzene rings is 1. The fraction of sp³-hybridized carbons (Fsp3) is 0.467. The minimum absolute atomic E-state index is 0.197. The Morgan fingerprint density at radius 3 is 2.68 bits per heavy atom. The summed E-state index contributed by atoms with van der Waals surface area (Å²) < 4.78 is 10.5. The van der Waals surface area contributed by atoms with Crippen LogP contribution in [0.2, 0.25) is 0 Å². The summed E-state index contributed by atoms with van der Waals surface area (Å²) in [5.74, 6) is -0.804. The Labute approximate surface area is 112 Å². The Morgan fingerprint density at radius 2 is 2.00 bits per heavy atom. The van der Waals surface area contributed by atoms with Crippen LogP contribution >= 0.6 is 0 Å². The van der Waals surface area contributed by atoms with E-state index in [1.807, 2.05) is 0 Å². The predicted molar refractivity (Wildman–Crippen MR) is 70.3 cm³/mol. The van der Waals surface area contributed by atoms with Gasteiger partial charge >= 0.3 is 5.97 Å². The van der Waals surface area contributed by atoms with Crippen LogP contribution in [0.1, 0.15) is 43.0 Å². The van der Waals surface area contributed by atoms with E-state index in [2.05, 4.69) is 0 Å². The predicted octanol–water partition coefficient (Wildman–Crippen LogP) is 2.75. The fourth-order valence-corrected chi connectivity index (χ4v) is 2.22. The third-order valence-electron chi connectivity index (χ3n) is 3.16. The van der Waals surface area contributed by atoms with Crippen molar-refractivity contribution < 1.29 is 19.1 Å². The Balaban J connectivity index is 2.05. The number of Topliss-reactive ketones (excluding diaryl/α,β-unsaturated/α-hetero) is 1. The lowest BCUT2D eigenvalue weighted by Crippen LogP contribution is -2.18. The Bertz CT molecular complexity index is 461. The van der Waals surface area contributed by atoms with Gasteiger partial charge < -0.3 is 9.47 Å². The number of esters is 1. The minimum atomic E-state index is -0.819. The van der Waals surface area contributed by atoms with Gasteiger partial charge in [-0.3, -0.25) is 4.79 Å². The molecule has 1 saturated carbocycles. The van der Waals surface area contributed by atoms with Gasteiger partial charge in [0.15, 0.2) is 0 Å². The molecule has 0 unspecified atom stereocenters. The summed E-state index contributed by atoms with van der Waals surface area (Å²) in [6.07, 6.45) is 4.71. The normalized spacial score (nSPS) is 15.2. The fourth-order valence-electron chi connectivity index (χ4n) is 2.22. The number of carbonyl (C=O) groups excluding carboxylic acids is 2. The second kappa shape index (κ2) is 6.36. The van der Waals surface area contributed by atoms with Gasteiger partial charge in [0.25, 0.3) is 5.78 Å². The molecule has 0 aromatic heterocycles. The summed E-state index contributed by atoms with van der Waals surface area (Å²) in [4.78, 5) is 23.2. The molecule has 1 fully saturated rings. The average Bonchev–Trinajstić information content (AvgIpc) is 2.91. The molecule has 4 heteroatoms. The van der Waals surface area contributed by atoms with Crippen LogP contribution in [0.4, 0.5) is 0 Å². The lowest BCUT2D eigenvalue weighted by molar-refractivity contribution is -0.137. The first-order chi connectivity index (χ1) is 9.20. The topological polar surface area (TPSA) is 52.6 Å².